The average molecular weight is 490 g/mol. The van der Waals surface area contributed by atoms with Crippen LogP contribution in [0.2, 0.25) is 10.0 Å². The second-order valence-corrected chi connectivity index (χ2v) is 9.73. The van der Waals surface area contributed by atoms with E-state index in [0.717, 1.165) is 51.1 Å². The number of piperidine rings is 1. The molecule has 4 rings (SSSR count). The number of benzene rings is 2. The van der Waals surface area contributed by atoms with Gasteiger partial charge in [0.2, 0.25) is 0 Å². The summed E-state index contributed by atoms with van der Waals surface area (Å²) in [6.07, 6.45) is 4.21. The maximum Gasteiger partial charge on any atom is 0.255 e. The summed E-state index contributed by atoms with van der Waals surface area (Å²) >= 11 is 12.1. The van der Waals surface area contributed by atoms with Crippen LogP contribution in [0, 0.1) is 5.92 Å². The first-order chi connectivity index (χ1) is 15.9. The molecule has 0 aliphatic carbocycles. The van der Waals surface area contributed by atoms with Crippen molar-refractivity contribution in [1.29, 1.82) is 0 Å². The molecule has 2 heterocycles. The molecular weight excluding hydrogens is 461 g/mol. The number of ether oxygens (including phenoxy) is 1. The number of rotatable bonds is 6. The molecule has 2 aromatic rings. The molecule has 2 amide bonds. The molecule has 1 unspecified atom stereocenters. The van der Waals surface area contributed by atoms with Crippen molar-refractivity contribution in [2.24, 2.45) is 5.92 Å². The Balaban J connectivity index is 1.55. The van der Waals surface area contributed by atoms with E-state index in [1.807, 2.05) is 12.1 Å². The molecule has 8 heteroatoms. The lowest BCUT2D eigenvalue weighted by atomic mass is 9.97. The van der Waals surface area contributed by atoms with Gasteiger partial charge < -0.3 is 20.3 Å². The number of nitrogens with one attached hydrogen (secondary N) is 2. The quantitative estimate of drug-likeness (QED) is 0.570. The summed E-state index contributed by atoms with van der Waals surface area (Å²) in [5.41, 5.74) is 2.32. The van der Waals surface area contributed by atoms with Crippen molar-refractivity contribution >= 4 is 46.4 Å². The standard InChI is InChI=1S/C25H29Cl2N3O3/c1-16-6-8-30(9-7-16)23-5-4-20(29-24(31)17-11-18(26)13-19(27)12-17)14-22(23)25(32)28-15-21-3-2-10-33-21/h4-5,11-14,16,21H,2-3,6-10,15H2,1H3,(H,28,32)(H,29,31). The van der Waals surface area contributed by atoms with Gasteiger partial charge in [-0.05, 0) is 68.0 Å². The normalized spacial score (nSPS) is 18.9. The predicted octanol–water partition coefficient (Wildman–Crippen LogP) is 5.39. The highest BCUT2D eigenvalue weighted by Crippen LogP contribution is 2.29. The molecule has 2 aliphatic heterocycles. The molecule has 0 saturated carbocycles. The SMILES string of the molecule is CC1CCN(c2ccc(NC(=O)c3cc(Cl)cc(Cl)c3)cc2C(=O)NCC2CCCO2)CC1. The zero-order valence-electron chi connectivity index (χ0n) is 18.7. The highest BCUT2D eigenvalue weighted by Gasteiger charge is 2.23. The van der Waals surface area contributed by atoms with Crippen LogP contribution in [0.1, 0.15) is 53.3 Å². The fourth-order valence-electron chi connectivity index (χ4n) is 4.32. The third kappa shape index (κ3) is 6.19. The molecule has 2 N–H and O–H groups in total. The fraction of sp³-hybridized carbons (Fsp3) is 0.440. The van der Waals surface area contributed by atoms with E-state index in [1.165, 1.54) is 0 Å². The lowest BCUT2D eigenvalue weighted by Crippen LogP contribution is -2.36. The van der Waals surface area contributed by atoms with E-state index in [-0.39, 0.29) is 17.9 Å². The summed E-state index contributed by atoms with van der Waals surface area (Å²) in [5, 5.41) is 6.65. The second kappa shape index (κ2) is 10.8. The number of halogens is 2. The van der Waals surface area contributed by atoms with Crippen molar-refractivity contribution in [3.63, 3.8) is 0 Å². The zero-order chi connectivity index (χ0) is 23.4. The van der Waals surface area contributed by atoms with Crippen LogP contribution in [0.4, 0.5) is 11.4 Å². The van der Waals surface area contributed by atoms with Crippen LogP contribution in [0.25, 0.3) is 0 Å². The second-order valence-electron chi connectivity index (χ2n) is 8.86. The van der Waals surface area contributed by atoms with E-state index < -0.39 is 0 Å². The number of hydrogen-bond acceptors (Lipinski definition) is 4. The van der Waals surface area contributed by atoms with Gasteiger partial charge in [0.25, 0.3) is 11.8 Å². The lowest BCUT2D eigenvalue weighted by Gasteiger charge is -2.33. The molecular formula is C25H29Cl2N3O3. The van der Waals surface area contributed by atoms with Crippen LogP contribution < -0.4 is 15.5 Å². The Labute approximate surface area is 204 Å². The summed E-state index contributed by atoms with van der Waals surface area (Å²) in [4.78, 5) is 28.2. The Hall–Kier alpha value is -2.28. The number of hydrogen-bond donors (Lipinski definition) is 2. The van der Waals surface area contributed by atoms with E-state index in [9.17, 15) is 9.59 Å². The monoisotopic (exact) mass is 489 g/mol. The van der Waals surface area contributed by atoms with E-state index >= 15 is 0 Å². The van der Waals surface area contributed by atoms with Gasteiger partial charge in [0, 0.05) is 53.2 Å². The van der Waals surface area contributed by atoms with E-state index in [1.54, 1.807) is 24.3 Å². The molecule has 0 bridgehead atoms. The molecule has 0 aromatic heterocycles. The number of nitrogens with zero attached hydrogens (tertiary/aromatic N) is 1. The molecule has 2 aliphatic rings. The predicted molar refractivity (Wildman–Crippen MR) is 133 cm³/mol. The highest BCUT2D eigenvalue weighted by atomic mass is 35.5. The summed E-state index contributed by atoms with van der Waals surface area (Å²) in [6.45, 7) is 5.28. The van der Waals surface area contributed by atoms with Gasteiger partial charge in [-0.3, -0.25) is 9.59 Å². The minimum atomic E-state index is -0.343. The molecule has 6 nitrogen and oxygen atoms in total. The lowest BCUT2D eigenvalue weighted by molar-refractivity contribution is 0.0858. The number of carbonyl (C=O) groups excluding carboxylic acids is 2. The Morgan fingerprint density at radius 1 is 1.03 bits per heavy atom. The van der Waals surface area contributed by atoms with Crippen LogP contribution in [0.5, 0.6) is 0 Å². The number of anilines is 2. The van der Waals surface area contributed by atoms with E-state index in [0.29, 0.717) is 39.3 Å². The van der Waals surface area contributed by atoms with E-state index in [4.69, 9.17) is 27.9 Å². The van der Waals surface area contributed by atoms with Crippen molar-refractivity contribution in [3.8, 4) is 0 Å². The van der Waals surface area contributed by atoms with Crippen LogP contribution >= 0.6 is 23.2 Å². The minimum Gasteiger partial charge on any atom is -0.376 e. The van der Waals surface area contributed by atoms with Gasteiger partial charge in [-0.2, -0.15) is 0 Å². The first-order valence-corrected chi connectivity index (χ1v) is 12.2. The first kappa shape index (κ1) is 23.9. The van der Waals surface area contributed by atoms with Crippen LogP contribution in [0.3, 0.4) is 0 Å². The number of amides is 2. The molecule has 0 radical (unpaired) electrons. The van der Waals surface area contributed by atoms with Gasteiger partial charge in [-0.15, -0.1) is 0 Å². The summed E-state index contributed by atoms with van der Waals surface area (Å²) in [5.74, 6) is 0.173. The summed E-state index contributed by atoms with van der Waals surface area (Å²) < 4.78 is 5.64. The fourth-order valence-corrected chi connectivity index (χ4v) is 4.84. The van der Waals surface area contributed by atoms with E-state index in [2.05, 4.69) is 22.5 Å². The van der Waals surface area contributed by atoms with Crippen LogP contribution in [0.15, 0.2) is 36.4 Å². The van der Waals surface area contributed by atoms with Gasteiger partial charge in [-0.25, -0.2) is 0 Å². The molecule has 0 spiro atoms. The Bertz CT molecular complexity index is 996. The highest BCUT2D eigenvalue weighted by molar-refractivity contribution is 6.35. The van der Waals surface area contributed by atoms with Crippen molar-refractivity contribution in [3.05, 3.63) is 57.6 Å². The average Bonchev–Trinajstić information content (AvgIpc) is 3.31. The molecule has 2 fully saturated rings. The molecule has 2 saturated heterocycles. The summed E-state index contributed by atoms with van der Waals surface area (Å²) in [7, 11) is 0. The van der Waals surface area contributed by atoms with Gasteiger partial charge in [0.15, 0.2) is 0 Å². The summed E-state index contributed by atoms with van der Waals surface area (Å²) in [6, 6.07) is 10.2. The van der Waals surface area contributed by atoms with Crippen molar-refractivity contribution in [2.45, 2.75) is 38.7 Å². The molecule has 2 aromatic carbocycles. The largest absolute Gasteiger partial charge is 0.376 e. The molecule has 1 atom stereocenters. The Morgan fingerprint density at radius 2 is 1.76 bits per heavy atom. The van der Waals surface area contributed by atoms with Gasteiger partial charge in [0.1, 0.15) is 0 Å². The maximum absolute atomic E-state index is 13.2. The number of carbonyl (C=O) groups is 2. The van der Waals surface area contributed by atoms with Gasteiger partial charge in [-0.1, -0.05) is 30.1 Å². The topological polar surface area (TPSA) is 70.7 Å². The van der Waals surface area contributed by atoms with Gasteiger partial charge in [0.05, 0.1) is 11.7 Å². The van der Waals surface area contributed by atoms with Crippen molar-refractivity contribution in [1.82, 2.24) is 5.32 Å². The van der Waals surface area contributed by atoms with Gasteiger partial charge >= 0.3 is 0 Å². The zero-order valence-corrected chi connectivity index (χ0v) is 20.2. The van der Waals surface area contributed by atoms with Crippen LogP contribution in [-0.4, -0.2) is 44.2 Å². The third-order valence-electron chi connectivity index (χ3n) is 6.26. The van der Waals surface area contributed by atoms with Crippen molar-refractivity contribution < 1.29 is 14.3 Å². The Kier molecular flexibility index (Phi) is 7.78. The van der Waals surface area contributed by atoms with Crippen molar-refractivity contribution in [2.75, 3.05) is 36.5 Å². The minimum absolute atomic E-state index is 0.0590. The molecule has 33 heavy (non-hydrogen) atoms. The Morgan fingerprint density at radius 3 is 2.42 bits per heavy atom. The smallest absolute Gasteiger partial charge is 0.255 e. The first-order valence-electron chi connectivity index (χ1n) is 11.5. The third-order valence-corrected chi connectivity index (χ3v) is 6.70. The van der Waals surface area contributed by atoms with Crippen LogP contribution in [-0.2, 0) is 4.74 Å². The molecule has 176 valence electrons. The maximum atomic E-state index is 13.2.